The van der Waals surface area contributed by atoms with E-state index < -0.39 is 17.6 Å². The van der Waals surface area contributed by atoms with Crippen LogP contribution in [-0.2, 0) is 27.2 Å². The number of hydrogen-bond acceptors (Lipinski definition) is 6. The van der Waals surface area contributed by atoms with E-state index in [0.717, 1.165) is 49.4 Å². The molecule has 4 rings (SSSR count). The summed E-state index contributed by atoms with van der Waals surface area (Å²) in [5, 5.41) is 0.440. The maximum absolute atomic E-state index is 13.1. The van der Waals surface area contributed by atoms with Crippen LogP contribution in [-0.4, -0.2) is 51.6 Å². The van der Waals surface area contributed by atoms with Crippen LogP contribution in [0.3, 0.4) is 0 Å². The molecule has 1 aromatic heterocycles. The number of halogens is 1. The molecule has 1 atom stereocenters. The summed E-state index contributed by atoms with van der Waals surface area (Å²) in [5.41, 5.74) is 2.19. The van der Waals surface area contributed by atoms with Crippen molar-refractivity contribution in [3.8, 4) is 11.3 Å². The summed E-state index contributed by atoms with van der Waals surface area (Å²) >= 11 is 6.44. The van der Waals surface area contributed by atoms with Gasteiger partial charge in [0.15, 0.2) is 0 Å². The predicted octanol–water partition coefficient (Wildman–Crippen LogP) is 4.45. The average molecular weight is 472 g/mol. The van der Waals surface area contributed by atoms with Crippen LogP contribution in [0.15, 0.2) is 24.4 Å². The number of fused-ring (bicyclic) bond motifs is 1. The molecule has 3 heterocycles. The van der Waals surface area contributed by atoms with Gasteiger partial charge >= 0.3 is 5.97 Å². The predicted molar refractivity (Wildman–Crippen MR) is 125 cm³/mol. The van der Waals surface area contributed by atoms with Gasteiger partial charge in [-0.25, -0.2) is 14.8 Å². The zero-order valence-corrected chi connectivity index (χ0v) is 20.3. The molecule has 33 heavy (non-hydrogen) atoms. The highest BCUT2D eigenvalue weighted by atomic mass is 35.5. The van der Waals surface area contributed by atoms with E-state index in [1.165, 1.54) is 0 Å². The molecular weight excluding hydrogens is 442 g/mol. The molecule has 0 aliphatic carbocycles. The minimum absolute atomic E-state index is 0.196. The number of carbonyl (C=O) groups is 2. The van der Waals surface area contributed by atoms with E-state index in [1.807, 2.05) is 39.0 Å². The SMILES string of the molecule is C[C@@H](C(=O)OC(C)(C)C)N1Cc2ccc(-c3nc(CC4CCOCC4)ncc3Cl)cc2C1=O. The summed E-state index contributed by atoms with van der Waals surface area (Å²) in [6.07, 6.45) is 4.41. The van der Waals surface area contributed by atoms with Gasteiger partial charge in [-0.1, -0.05) is 23.7 Å². The van der Waals surface area contributed by atoms with Gasteiger partial charge < -0.3 is 14.4 Å². The third kappa shape index (κ3) is 5.36. The first-order chi connectivity index (χ1) is 15.6. The van der Waals surface area contributed by atoms with E-state index in [1.54, 1.807) is 18.0 Å². The van der Waals surface area contributed by atoms with Gasteiger partial charge in [-0.15, -0.1) is 0 Å². The van der Waals surface area contributed by atoms with Gasteiger partial charge in [0.05, 0.1) is 10.7 Å². The lowest BCUT2D eigenvalue weighted by Crippen LogP contribution is -2.42. The van der Waals surface area contributed by atoms with Crippen molar-refractivity contribution in [1.29, 1.82) is 0 Å². The fraction of sp³-hybridized carbons (Fsp3) is 0.520. The Morgan fingerprint density at radius 2 is 2.03 bits per heavy atom. The fourth-order valence-electron chi connectivity index (χ4n) is 4.21. The molecule has 1 fully saturated rings. The Hall–Kier alpha value is -2.51. The summed E-state index contributed by atoms with van der Waals surface area (Å²) in [4.78, 5) is 36.4. The van der Waals surface area contributed by atoms with E-state index >= 15 is 0 Å². The van der Waals surface area contributed by atoms with Gasteiger partial charge in [0.1, 0.15) is 17.5 Å². The second-order valence-corrected chi connectivity index (χ2v) is 10.2. The summed E-state index contributed by atoms with van der Waals surface area (Å²) in [6.45, 7) is 9.04. The number of ether oxygens (including phenoxy) is 2. The lowest BCUT2D eigenvalue weighted by molar-refractivity contribution is -0.159. The van der Waals surface area contributed by atoms with Crippen molar-refractivity contribution in [2.45, 2.75) is 65.1 Å². The van der Waals surface area contributed by atoms with Crippen LogP contribution in [0, 0.1) is 5.92 Å². The molecule has 7 nitrogen and oxygen atoms in total. The van der Waals surface area contributed by atoms with Crippen molar-refractivity contribution in [2.24, 2.45) is 5.92 Å². The molecule has 0 N–H and O–H groups in total. The van der Waals surface area contributed by atoms with Crippen molar-refractivity contribution < 1.29 is 19.1 Å². The Kier molecular flexibility index (Phi) is 6.73. The van der Waals surface area contributed by atoms with Crippen LogP contribution in [0.1, 0.15) is 62.3 Å². The fourth-order valence-corrected chi connectivity index (χ4v) is 4.41. The Labute approximate surface area is 199 Å². The molecule has 1 saturated heterocycles. The van der Waals surface area contributed by atoms with E-state index in [-0.39, 0.29) is 5.91 Å². The number of amides is 1. The summed E-state index contributed by atoms with van der Waals surface area (Å²) in [5.74, 6) is 0.629. The van der Waals surface area contributed by atoms with Gasteiger partial charge in [-0.2, -0.15) is 0 Å². The zero-order valence-electron chi connectivity index (χ0n) is 19.6. The van der Waals surface area contributed by atoms with Crippen LogP contribution in [0.4, 0.5) is 0 Å². The smallest absolute Gasteiger partial charge is 0.329 e. The van der Waals surface area contributed by atoms with Gasteiger partial charge in [0.25, 0.3) is 5.91 Å². The molecule has 2 aliphatic heterocycles. The van der Waals surface area contributed by atoms with Crippen LogP contribution in [0.2, 0.25) is 5.02 Å². The first kappa shape index (κ1) is 23.6. The molecule has 0 unspecified atom stereocenters. The Morgan fingerprint density at radius 3 is 2.73 bits per heavy atom. The number of hydrogen-bond donors (Lipinski definition) is 0. The van der Waals surface area contributed by atoms with Crippen molar-refractivity contribution in [3.05, 3.63) is 46.4 Å². The third-order valence-corrected chi connectivity index (χ3v) is 6.31. The van der Waals surface area contributed by atoms with Gasteiger partial charge in [0.2, 0.25) is 0 Å². The topological polar surface area (TPSA) is 81.6 Å². The van der Waals surface area contributed by atoms with Crippen molar-refractivity contribution in [3.63, 3.8) is 0 Å². The van der Waals surface area contributed by atoms with Gasteiger partial charge in [-0.3, -0.25) is 4.79 Å². The second kappa shape index (κ2) is 9.39. The van der Waals surface area contributed by atoms with Gasteiger partial charge in [-0.05, 0) is 58.1 Å². The minimum atomic E-state index is -0.679. The van der Waals surface area contributed by atoms with E-state index in [2.05, 4.69) is 4.98 Å². The summed E-state index contributed by atoms with van der Waals surface area (Å²) in [6, 6.07) is 4.95. The van der Waals surface area contributed by atoms with Crippen molar-refractivity contribution in [1.82, 2.24) is 14.9 Å². The average Bonchev–Trinajstić information content (AvgIpc) is 3.10. The lowest BCUT2D eigenvalue weighted by Gasteiger charge is -2.27. The first-order valence-corrected chi connectivity index (χ1v) is 11.8. The maximum atomic E-state index is 13.1. The Balaban J connectivity index is 1.55. The highest BCUT2D eigenvalue weighted by Gasteiger charge is 2.36. The van der Waals surface area contributed by atoms with Crippen LogP contribution in [0.25, 0.3) is 11.3 Å². The highest BCUT2D eigenvalue weighted by Crippen LogP contribution is 2.32. The minimum Gasteiger partial charge on any atom is -0.458 e. The van der Waals surface area contributed by atoms with E-state index in [4.69, 9.17) is 26.1 Å². The molecule has 0 spiro atoms. The monoisotopic (exact) mass is 471 g/mol. The second-order valence-electron chi connectivity index (χ2n) is 9.76. The largest absolute Gasteiger partial charge is 0.458 e. The molecule has 1 aromatic carbocycles. The molecule has 176 valence electrons. The number of rotatable bonds is 5. The molecule has 0 bridgehead atoms. The normalized spacial score (nSPS) is 17.7. The quantitative estimate of drug-likeness (QED) is 0.599. The van der Waals surface area contributed by atoms with Crippen LogP contribution >= 0.6 is 11.6 Å². The first-order valence-electron chi connectivity index (χ1n) is 11.4. The van der Waals surface area contributed by atoms with E-state index in [9.17, 15) is 9.59 Å². The zero-order chi connectivity index (χ0) is 23.8. The molecule has 2 aromatic rings. The standard InChI is InChI=1S/C25H30ClN3O4/c1-15(24(31)33-25(2,3)4)29-14-18-6-5-17(12-19(18)23(29)30)22-20(26)13-27-21(28-22)11-16-7-9-32-10-8-16/h5-6,12-13,15-16H,7-11,14H2,1-4H3/t15-/m0/s1. The van der Waals surface area contributed by atoms with Crippen molar-refractivity contribution >= 4 is 23.5 Å². The molecule has 0 saturated carbocycles. The summed E-state index contributed by atoms with van der Waals surface area (Å²) in [7, 11) is 0. The molecule has 1 amide bonds. The molecular formula is C25H30ClN3O4. The van der Waals surface area contributed by atoms with Crippen molar-refractivity contribution in [2.75, 3.05) is 13.2 Å². The van der Waals surface area contributed by atoms with Gasteiger partial charge in [0, 0.05) is 43.5 Å². The molecule has 0 radical (unpaired) electrons. The van der Waals surface area contributed by atoms with Crippen LogP contribution in [0.5, 0.6) is 0 Å². The number of nitrogens with zero attached hydrogens (tertiary/aromatic N) is 3. The number of carbonyl (C=O) groups excluding carboxylic acids is 2. The van der Waals surface area contributed by atoms with Crippen LogP contribution < -0.4 is 0 Å². The lowest BCUT2D eigenvalue weighted by atomic mass is 9.96. The summed E-state index contributed by atoms with van der Waals surface area (Å²) < 4.78 is 10.9. The highest BCUT2D eigenvalue weighted by molar-refractivity contribution is 6.32. The van der Waals surface area contributed by atoms with E-state index in [0.29, 0.717) is 28.7 Å². The third-order valence-electron chi connectivity index (χ3n) is 6.04. The Morgan fingerprint density at radius 1 is 1.30 bits per heavy atom. The molecule has 8 heteroatoms. The Bertz CT molecular complexity index is 1060. The maximum Gasteiger partial charge on any atom is 0.329 e. The molecule has 2 aliphatic rings. The number of esters is 1. The number of benzene rings is 1. The number of aromatic nitrogens is 2.